The SMILES string of the molecule is NCc1c(OC(F)(F)F)[nH]cc(Br)c1=O. The summed E-state index contributed by atoms with van der Waals surface area (Å²) in [7, 11) is 0. The van der Waals surface area contributed by atoms with Gasteiger partial charge in [-0.2, -0.15) is 0 Å². The molecule has 0 aliphatic carbocycles. The van der Waals surface area contributed by atoms with Crippen molar-refractivity contribution in [2.24, 2.45) is 5.73 Å². The van der Waals surface area contributed by atoms with Crippen molar-refractivity contribution in [3.05, 3.63) is 26.5 Å². The van der Waals surface area contributed by atoms with Gasteiger partial charge in [-0.15, -0.1) is 13.2 Å². The molecule has 84 valence electrons. The second-order valence-corrected chi connectivity index (χ2v) is 3.38. The minimum absolute atomic E-state index is 0.0949. The van der Waals surface area contributed by atoms with Crippen LogP contribution >= 0.6 is 15.9 Å². The van der Waals surface area contributed by atoms with E-state index in [1.165, 1.54) is 0 Å². The highest BCUT2D eigenvalue weighted by atomic mass is 79.9. The van der Waals surface area contributed by atoms with Crippen molar-refractivity contribution < 1.29 is 17.9 Å². The monoisotopic (exact) mass is 286 g/mol. The molecule has 8 heteroatoms. The van der Waals surface area contributed by atoms with Gasteiger partial charge in [-0.3, -0.25) is 4.79 Å². The van der Waals surface area contributed by atoms with Crippen LogP contribution < -0.4 is 15.9 Å². The molecule has 1 rings (SSSR count). The fourth-order valence-electron chi connectivity index (χ4n) is 0.921. The number of nitrogens with one attached hydrogen (secondary N) is 1. The van der Waals surface area contributed by atoms with Crippen molar-refractivity contribution in [3.63, 3.8) is 0 Å². The Hall–Kier alpha value is -1.02. The van der Waals surface area contributed by atoms with Crippen molar-refractivity contribution in [2.75, 3.05) is 0 Å². The van der Waals surface area contributed by atoms with Gasteiger partial charge in [0.2, 0.25) is 11.3 Å². The summed E-state index contributed by atoms with van der Waals surface area (Å²) in [6, 6.07) is 0. The first-order valence-corrected chi connectivity index (χ1v) is 4.50. The van der Waals surface area contributed by atoms with Gasteiger partial charge < -0.3 is 15.5 Å². The standard InChI is InChI=1S/C7H6BrF3N2O2/c8-4-2-13-6(15-7(9,10)11)3(1-12)5(4)14/h2H,1,12H2,(H,13,14). The minimum atomic E-state index is -4.86. The van der Waals surface area contributed by atoms with E-state index in [-0.39, 0.29) is 16.6 Å². The molecular weight excluding hydrogens is 281 g/mol. The van der Waals surface area contributed by atoms with Gasteiger partial charge in [-0.1, -0.05) is 0 Å². The molecule has 0 spiro atoms. The summed E-state index contributed by atoms with van der Waals surface area (Å²) < 4.78 is 39.4. The number of halogens is 4. The number of pyridine rings is 1. The van der Waals surface area contributed by atoms with Gasteiger partial charge in [-0.25, -0.2) is 0 Å². The predicted octanol–water partition coefficient (Wildman–Crippen LogP) is 1.49. The molecule has 1 aromatic heterocycles. The second kappa shape index (κ2) is 4.23. The molecule has 0 saturated carbocycles. The molecule has 0 aliphatic heterocycles. The van der Waals surface area contributed by atoms with Crippen LogP contribution in [0, 0.1) is 0 Å². The number of nitrogens with two attached hydrogens (primary N) is 1. The third kappa shape index (κ3) is 2.96. The molecule has 0 saturated heterocycles. The largest absolute Gasteiger partial charge is 0.574 e. The van der Waals surface area contributed by atoms with Crippen LogP contribution in [-0.2, 0) is 6.54 Å². The molecule has 0 fully saturated rings. The van der Waals surface area contributed by atoms with Gasteiger partial charge in [0.25, 0.3) is 0 Å². The zero-order valence-corrected chi connectivity index (χ0v) is 8.78. The molecule has 1 heterocycles. The Kier molecular flexibility index (Phi) is 3.40. The van der Waals surface area contributed by atoms with Crippen LogP contribution in [0.25, 0.3) is 0 Å². The van der Waals surface area contributed by atoms with Crippen LogP contribution in [0.15, 0.2) is 15.5 Å². The molecule has 0 unspecified atom stereocenters. The van der Waals surface area contributed by atoms with Crippen LogP contribution in [0.1, 0.15) is 5.56 Å². The van der Waals surface area contributed by atoms with Crippen molar-refractivity contribution in [1.82, 2.24) is 4.98 Å². The summed E-state index contributed by atoms with van der Waals surface area (Å²) in [5.74, 6) is -0.682. The van der Waals surface area contributed by atoms with E-state index in [1.807, 2.05) is 0 Å². The van der Waals surface area contributed by atoms with Crippen molar-refractivity contribution >= 4 is 15.9 Å². The van der Waals surface area contributed by atoms with Gasteiger partial charge in [0.05, 0.1) is 10.0 Å². The molecule has 15 heavy (non-hydrogen) atoms. The lowest BCUT2D eigenvalue weighted by Crippen LogP contribution is -2.23. The van der Waals surface area contributed by atoms with Crippen LogP contribution in [0.4, 0.5) is 13.2 Å². The number of hydrogen-bond donors (Lipinski definition) is 2. The maximum Gasteiger partial charge on any atom is 0.574 e. The van der Waals surface area contributed by atoms with E-state index in [2.05, 4.69) is 25.7 Å². The minimum Gasteiger partial charge on any atom is -0.389 e. The summed E-state index contributed by atoms with van der Waals surface area (Å²) >= 11 is 2.86. The Morgan fingerprint density at radius 1 is 1.53 bits per heavy atom. The van der Waals surface area contributed by atoms with Crippen LogP contribution in [0.3, 0.4) is 0 Å². The van der Waals surface area contributed by atoms with Crippen LogP contribution in [0.5, 0.6) is 5.88 Å². The third-order valence-corrected chi connectivity index (χ3v) is 2.11. The maximum absolute atomic E-state index is 11.9. The number of alkyl halides is 3. The lowest BCUT2D eigenvalue weighted by atomic mass is 10.2. The first-order valence-electron chi connectivity index (χ1n) is 3.71. The summed E-state index contributed by atoms with van der Waals surface area (Å²) in [5.41, 5.74) is 4.26. The Bertz CT molecular complexity index is 416. The highest BCUT2D eigenvalue weighted by Crippen LogP contribution is 2.23. The number of aromatic amines is 1. The van der Waals surface area contributed by atoms with E-state index in [4.69, 9.17) is 5.73 Å². The van der Waals surface area contributed by atoms with E-state index in [9.17, 15) is 18.0 Å². The highest BCUT2D eigenvalue weighted by Gasteiger charge is 2.33. The molecular formula is C7H6BrF3N2O2. The first kappa shape index (κ1) is 12.1. The lowest BCUT2D eigenvalue weighted by molar-refractivity contribution is -0.276. The predicted molar refractivity (Wildman–Crippen MR) is 49.3 cm³/mol. The van der Waals surface area contributed by atoms with E-state index in [0.29, 0.717) is 0 Å². The first-order chi connectivity index (χ1) is 6.85. The number of rotatable bonds is 2. The molecule has 0 radical (unpaired) electrons. The van der Waals surface area contributed by atoms with E-state index in [0.717, 1.165) is 6.20 Å². The zero-order valence-electron chi connectivity index (χ0n) is 7.19. The maximum atomic E-state index is 11.9. The number of ether oxygens (including phenoxy) is 1. The average molecular weight is 287 g/mol. The van der Waals surface area contributed by atoms with Gasteiger partial charge in [0, 0.05) is 12.7 Å². The van der Waals surface area contributed by atoms with Gasteiger partial charge in [0.15, 0.2) is 0 Å². The number of H-pyrrole nitrogens is 1. The van der Waals surface area contributed by atoms with E-state index < -0.39 is 17.7 Å². The molecule has 0 bridgehead atoms. The number of hydrogen-bond acceptors (Lipinski definition) is 3. The third-order valence-electron chi connectivity index (χ3n) is 1.52. The van der Waals surface area contributed by atoms with Gasteiger partial charge in [-0.05, 0) is 15.9 Å². The average Bonchev–Trinajstić information content (AvgIpc) is 2.10. The van der Waals surface area contributed by atoms with E-state index >= 15 is 0 Å². The summed E-state index contributed by atoms with van der Waals surface area (Å²) in [5, 5.41) is 0. The molecule has 0 aromatic carbocycles. The van der Waals surface area contributed by atoms with Crippen molar-refractivity contribution in [2.45, 2.75) is 12.9 Å². The van der Waals surface area contributed by atoms with Crippen molar-refractivity contribution in [1.29, 1.82) is 0 Å². The number of aromatic nitrogens is 1. The fourth-order valence-corrected chi connectivity index (χ4v) is 1.27. The Morgan fingerprint density at radius 2 is 2.13 bits per heavy atom. The Labute approximate surface area is 90.4 Å². The molecule has 0 atom stereocenters. The van der Waals surface area contributed by atoms with Gasteiger partial charge in [0.1, 0.15) is 0 Å². The molecule has 0 aliphatic rings. The van der Waals surface area contributed by atoms with E-state index in [1.54, 1.807) is 0 Å². The molecule has 3 N–H and O–H groups in total. The zero-order chi connectivity index (χ0) is 11.6. The van der Waals surface area contributed by atoms with Crippen LogP contribution in [0.2, 0.25) is 0 Å². The molecule has 1 aromatic rings. The molecule has 0 amide bonds. The summed E-state index contributed by atoms with van der Waals surface area (Å²) in [6.07, 6.45) is -3.80. The van der Waals surface area contributed by atoms with Crippen molar-refractivity contribution in [3.8, 4) is 5.88 Å². The van der Waals surface area contributed by atoms with Gasteiger partial charge >= 0.3 is 6.36 Å². The summed E-state index contributed by atoms with van der Waals surface area (Å²) in [4.78, 5) is 13.5. The smallest absolute Gasteiger partial charge is 0.389 e. The second-order valence-electron chi connectivity index (χ2n) is 2.53. The molecule has 4 nitrogen and oxygen atoms in total. The van der Waals surface area contributed by atoms with Crippen LogP contribution in [-0.4, -0.2) is 11.3 Å². The topological polar surface area (TPSA) is 68.1 Å². The quantitative estimate of drug-likeness (QED) is 0.866. The Balaban J connectivity index is 3.20. The Morgan fingerprint density at radius 3 is 2.60 bits per heavy atom. The normalized spacial score (nSPS) is 11.5. The summed E-state index contributed by atoms with van der Waals surface area (Å²) in [6.45, 7) is -0.347. The lowest BCUT2D eigenvalue weighted by Gasteiger charge is -2.11. The fraction of sp³-hybridized carbons (Fsp3) is 0.286. The highest BCUT2D eigenvalue weighted by molar-refractivity contribution is 9.10.